The highest BCUT2D eigenvalue weighted by atomic mass is 35.5. The third-order valence-corrected chi connectivity index (χ3v) is 3.32. The van der Waals surface area contributed by atoms with Crippen molar-refractivity contribution < 1.29 is 9.90 Å². The highest BCUT2D eigenvalue weighted by Crippen LogP contribution is 2.65. The molecule has 1 saturated carbocycles. The number of rotatable bonds is 1. The van der Waals surface area contributed by atoms with Crippen molar-refractivity contribution in [1.29, 1.82) is 0 Å². The van der Waals surface area contributed by atoms with Crippen LogP contribution in [0.1, 0.15) is 13.8 Å². The van der Waals surface area contributed by atoms with Gasteiger partial charge in [-0.1, -0.05) is 13.8 Å². The average molecular weight is 173 g/mol. The Hall–Kier alpha value is -0.680. The first kappa shape index (κ1) is 8.42. The number of carbonyl (C=O) groups is 1. The molecule has 0 spiro atoms. The van der Waals surface area contributed by atoms with E-state index in [9.17, 15) is 4.79 Å². The molecular weight excluding hydrogens is 164 g/mol. The Kier molecular flexibility index (Phi) is 1.47. The molecule has 3 heteroatoms. The van der Waals surface area contributed by atoms with Gasteiger partial charge in [0.05, 0.1) is 5.92 Å². The lowest BCUT2D eigenvalue weighted by Gasteiger charge is -2.03. The number of hydrogen-bond donors (Lipinski definition) is 1. The van der Waals surface area contributed by atoms with Crippen LogP contribution in [-0.2, 0) is 4.79 Å². The third kappa shape index (κ3) is 0.721. The van der Waals surface area contributed by atoms with Crippen molar-refractivity contribution in [2.24, 2.45) is 11.3 Å². The summed E-state index contributed by atoms with van der Waals surface area (Å²) in [6, 6.07) is 0. The molecule has 60 valence electrons. The van der Waals surface area contributed by atoms with E-state index in [1.54, 1.807) is 13.8 Å². The molecule has 0 aromatic rings. The molecule has 0 heterocycles. The van der Waals surface area contributed by atoms with Crippen molar-refractivity contribution in [1.82, 2.24) is 0 Å². The standard InChI is InChI=1S/C8H9ClO2/c1-4-5-7(2,3)8(5,9)6(10)11/h1,5H,2-3H3,(H,10,11). The molecule has 1 aliphatic carbocycles. The van der Waals surface area contributed by atoms with Gasteiger partial charge in [0.25, 0.3) is 0 Å². The zero-order valence-corrected chi connectivity index (χ0v) is 7.14. The Morgan fingerprint density at radius 1 is 1.73 bits per heavy atom. The SMILES string of the molecule is C#CC1C(C)(C)C1(Cl)C(=O)O. The zero-order chi connectivity index (χ0) is 8.86. The molecule has 1 fully saturated rings. The zero-order valence-electron chi connectivity index (χ0n) is 6.39. The predicted octanol–water partition coefficient (Wildman–Crippen LogP) is 1.34. The number of halogens is 1. The van der Waals surface area contributed by atoms with Gasteiger partial charge in [0.2, 0.25) is 0 Å². The summed E-state index contributed by atoms with van der Waals surface area (Å²) in [5.74, 6) is 1.01. The summed E-state index contributed by atoms with van der Waals surface area (Å²) in [6.45, 7) is 3.53. The number of carboxylic acids is 1. The Bertz CT molecular complexity index is 251. The maximum Gasteiger partial charge on any atom is 0.326 e. The predicted molar refractivity (Wildman–Crippen MR) is 42.3 cm³/mol. The van der Waals surface area contributed by atoms with E-state index in [0.717, 1.165) is 0 Å². The van der Waals surface area contributed by atoms with Gasteiger partial charge in [-0.2, -0.15) is 0 Å². The summed E-state index contributed by atoms with van der Waals surface area (Å²) in [6.07, 6.45) is 5.13. The van der Waals surface area contributed by atoms with Crippen LogP contribution in [0.3, 0.4) is 0 Å². The molecule has 0 saturated heterocycles. The van der Waals surface area contributed by atoms with Gasteiger partial charge in [-0.05, 0) is 0 Å². The first-order chi connectivity index (χ1) is 4.89. The van der Waals surface area contributed by atoms with E-state index in [0.29, 0.717) is 0 Å². The topological polar surface area (TPSA) is 37.3 Å². The molecular formula is C8H9ClO2. The lowest BCUT2D eigenvalue weighted by atomic mass is 10.1. The Morgan fingerprint density at radius 3 is 2.27 bits per heavy atom. The van der Waals surface area contributed by atoms with Crippen molar-refractivity contribution in [3.05, 3.63) is 0 Å². The largest absolute Gasteiger partial charge is 0.480 e. The third-order valence-electron chi connectivity index (χ3n) is 2.45. The molecule has 11 heavy (non-hydrogen) atoms. The molecule has 2 unspecified atom stereocenters. The second-order valence-corrected chi connectivity index (χ2v) is 3.93. The van der Waals surface area contributed by atoms with E-state index in [1.807, 2.05) is 0 Å². The molecule has 2 nitrogen and oxygen atoms in total. The number of aliphatic carboxylic acids is 1. The van der Waals surface area contributed by atoms with E-state index in [2.05, 4.69) is 5.92 Å². The van der Waals surface area contributed by atoms with Crippen molar-refractivity contribution in [2.75, 3.05) is 0 Å². The molecule has 0 amide bonds. The summed E-state index contributed by atoms with van der Waals surface area (Å²) < 4.78 is 0. The first-order valence-electron chi connectivity index (χ1n) is 3.27. The molecule has 0 aromatic carbocycles. The van der Waals surface area contributed by atoms with Crippen LogP contribution in [0.2, 0.25) is 0 Å². The summed E-state index contributed by atoms with van der Waals surface area (Å²) in [5, 5.41) is 8.72. The molecule has 1 aliphatic rings. The van der Waals surface area contributed by atoms with Crippen molar-refractivity contribution >= 4 is 17.6 Å². The smallest absolute Gasteiger partial charge is 0.326 e. The minimum Gasteiger partial charge on any atom is -0.480 e. The molecule has 1 rings (SSSR count). The fourth-order valence-electron chi connectivity index (χ4n) is 1.43. The van der Waals surface area contributed by atoms with Crippen LogP contribution in [0.15, 0.2) is 0 Å². The van der Waals surface area contributed by atoms with Crippen LogP contribution >= 0.6 is 11.6 Å². The monoisotopic (exact) mass is 172 g/mol. The molecule has 0 radical (unpaired) electrons. The van der Waals surface area contributed by atoms with Crippen LogP contribution < -0.4 is 0 Å². The molecule has 2 atom stereocenters. The van der Waals surface area contributed by atoms with Crippen molar-refractivity contribution in [3.63, 3.8) is 0 Å². The van der Waals surface area contributed by atoms with Crippen LogP contribution in [0.25, 0.3) is 0 Å². The lowest BCUT2D eigenvalue weighted by Crippen LogP contribution is -2.21. The molecule has 0 bridgehead atoms. The lowest BCUT2D eigenvalue weighted by molar-refractivity contribution is -0.138. The van der Waals surface area contributed by atoms with E-state index in [-0.39, 0.29) is 5.92 Å². The Morgan fingerprint density at radius 2 is 2.18 bits per heavy atom. The minimum absolute atomic E-state index is 0.353. The number of alkyl halides is 1. The molecule has 1 N–H and O–H groups in total. The van der Waals surface area contributed by atoms with E-state index in [1.165, 1.54) is 0 Å². The normalized spacial score (nSPS) is 39.3. The van der Waals surface area contributed by atoms with Gasteiger partial charge >= 0.3 is 5.97 Å². The fraction of sp³-hybridized carbons (Fsp3) is 0.625. The quantitative estimate of drug-likeness (QED) is 0.479. The molecule has 0 aliphatic heterocycles. The number of terminal acetylenes is 1. The second kappa shape index (κ2) is 1.92. The Balaban J connectivity index is 2.98. The van der Waals surface area contributed by atoms with Gasteiger partial charge < -0.3 is 5.11 Å². The average Bonchev–Trinajstić information content (AvgIpc) is 2.29. The minimum atomic E-state index is -1.23. The van der Waals surface area contributed by atoms with Gasteiger partial charge in [-0.3, -0.25) is 4.79 Å². The summed E-state index contributed by atoms with van der Waals surface area (Å²) in [4.78, 5) is 9.41. The van der Waals surface area contributed by atoms with Gasteiger partial charge in [-0.25, -0.2) is 0 Å². The number of carboxylic acid groups (broad SMARTS) is 1. The van der Waals surface area contributed by atoms with Crippen LogP contribution in [0, 0.1) is 23.7 Å². The van der Waals surface area contributed by atoms with E-state index in [4.69, 9.17) is 23.1 Å². The van der Waals surface area contributed by atoms with Crippen LogP contribution in [0.5, 0.6) is 0 Å². The maximum absolute atomic E-state index is 10.6. The first-order valence-corrected chi connectivity index (χ1v) is 3.65. The molecule has 0 aromatic heterocycles. The highest BCUT2D eigenvalue weighted by Gasteiger charge is 2.75. The van der Waals surface area contributed by atoms with E-state index >= 15 is 0 Å². The van der Waals surface area contributed by atoms with E-state index < -0.39 is 16.3 Å². The van der Waals surface area contributed by atoms with Crippen LogP contribution in [0.4, 0.5) is 0 Å². The van der Waals surface area contributed by atoms with Crippen LogP contribution in [-0.4, -0.2) is 16.0 Å². The van der Waals surface area contributed by atoms with Gasteiger partial charge in [-0.15, -0.1) is 23.9 Å². The summed E-state index contributed by atoms with van der Waals surface area (Å²) >= 11 is 5.79. The van der Waals surface area contributed by atoms with Crippen molar-refractivity contribution in [2.45, 2.75) is 18.7 Å². The summed E-state index contributed by atoms with van der Waals surface area (Å²) in [7, 11) is 0. The fourth-order valence-corrected chi connectivity index (χ4v) is 1.82. The van der Waals surface area contributed by atoms with Gasteiger partial charge in [0, 0.05) is 5.41 Å². The summed E-state index contributed by atoms with van der Waals surface area (Å²) in [5.41, 5.74) is -0.477. The second-order valence-electron chi connectivity index (χ2n) is 3.34. The van der Waals surface area contributed by atoms with Crippen molar-refractivity contribution in [3.8, 4) is 12.3 Å². The maximum atomic E-state index is 10.6. The van der Waals surface area contributed by atoms with Gasteiger partial charge in [0.15, 0.2) is 4.87 Å². The van der Waals surface area contributed by atoms with Gasteiger partial charge in [0.1, 0.15) is 0 Å². The Labute approximate surface area is 70.5 Å². The highest BCUT2D eigenvalue weighted by molar-refractivity contribution is 6.37. The number of hydrogen-bond acceptors (Lipinski definition) is 1.